The first-order valence-electron chi connectivity index (χ1n) is 10.4. The maximum atomic E-state index is 13.3. The quantitative estimate of drug-likeness (QED) is 0.265. The molecule has 2 rings (SSSR count). The molecule has 3 nitrogen and oxygen atoms in total. The molecule has 0 saturated heterocycles. The standard InChI is InChI=1S/C25H24F7NO2/c1-3-4-5-8-17(2)19-10-7-11-20(14-19)33(16-22(34)24(28,29)30)15-18-9-6-12-21(13-18)35-25(31,32)23(26)27/h3-14,22-23,34H,2,15-16H2,1H3/b4-3-,8-5-. The molecule has 2 aromatic rings. The van der Waals surface area contributed by atoms with Gasteiger partial charge >= 0.3 is 18.7 Å². The first-order valence-corrected chi connectivity index (χ1v) is 10.4. The molecule has 1 N–H and O–H groups in total. The highest BCUT2D eigenvalue weighted by atomic mass is 19.4. The smallest absolute Gasteiger partial charge is 0.428 e. The second-order valence-corrected chi connectivity index (χ2v) is 7.51. The first-order chi connectivity index (χ1) is 16.3. The number of halogens is 7. The summed E-state index contributed by atoms with van der Waals surface area (Å²) in [5.74, 6) is -0.583. The van der Waals surface area contributed by atoms with Crippen LogP contribution < -0.4 is 9.64 Å². The van der Waals surface area contributed by atoms with E-state index in [4.69, 9.17) is 0 Å². The van der Waals surface area contributed by atoms with Crippen molar-refractivity contribution < 1.29 is 40.6 Å². The highest BCUT2D eigenvalue weighted by Crippen LogP contribution is 2.30. The highest BCUT2D eigenvalue weighted by molar-refractivity contribution is 5.74. The van der Waals surface area contributed by atoms with Crippen LogP contribution in [0.3, 0.4) is 0 Å². The Morgan fingerprint density at radius 2 is 1.74 bits per heavy atom. The molecule has 0 fully saturated rings. The van der Waals surface area contributed by atoms with E-state index in [0.29, 0.717) is 11.1 Å². The molecule has 0 aliphatic heterocycles. The molecule has 0 bridgehead atoms. The van der Waals surface area contributed by atoms with E-state index >= 15 is 0 Å². The van der Waals surface area contributed by atoms with E-state index in [1.165, 1.54) is 23.1 Å². The zero-order valence-electron chi connectivity index (χ0n) is 18.7. The van der Waals surface area contributed by atoms with Crippen molar-refractivity contribution in [3.05, 3.63) is 90.5 Å². The third-order valence-electron chi connectivity index (χ3n) is 4.73. The summed E-state index contributed by atoms with van der Waals surface area (Å²) >= 11 is 0. The zero-order valence-corrected chi connectivity index (χ0v) is 18.7. The van der Waals surface area contributed by atoms with Crippen molar-refractivity contribution in [1.82, 2.24) is 0 Å². The van der Waals surface area contributed by atoms with Crippen molar-refractivity contribution in [2.45, 2.75) is 38.3 Å². The van der Waals surface area contributed by atoms with Gasteiger partial charge in [0.25, 0.3) is 0 Å². The number of benzene rings is 2. The molecule has 0 spiro atoms. The number of anilines is 1. The van der Waals surface area contributed by atoms with Crippen LogP contribution in [-0.2, 0) is 6.54 Å². The van der Waals surface area contributed by atoms with Gasteiger partial charge in [-0.1, -0.05) is 55.1 Å². The summed E-state index contributed by atoms with van der Waals surface area (Å²) in [6.07, 6.45) is -9.39. The molecule has 0 radical (unpaired) electrons. The summed E-state index contributed by atoms with van der Waals surface area (Å²) in [4.78, 5) is 1.19. The normalized spacial score (nSPS) is 13.5. The summed E-state index contributed by atoms with van der Waals surface area (Å²) in [5, 5.41) is 9.68. The van der Waals surface area contributed by atoms with E-state index in [1.807, 2.05) is 6.92 Å². The molecule has 10 heteroatoms. The molecule has 0 heterocycles. The van der Waals surface area contributed by atoms with Gasteiger partial charge in [0.05, 0.1) is 6.54 Å². The van der Waals surface area contributed by atoms with Crippen molar-refractivity contribution in [2.24, 2.45) is 0 Å². The topological polar surface area (TPSA) is 32.7 Å². The molecule has 1 atom stereocenters. The zero-order chi connectivity index (χ0) is 26.2. The first kappa shape index (κ1) is 28.0. The molecular formula is C25H24F7NO2. The Balaban J connectivity index is 2.37. The Labute approximate surface area is 198 Å². The summed E-state index contributed by atoms with van der Waals surface area (Å²) < 4.78 is 94.8. The van der Waals surface area contributed by atoms with Gasteiger partial charge < -0.3 is 14.7 Å². The Hall–Kier alpha value is -3.27. The minimum Gasteiger partial charge on any atom is -0.428 e. The van der Waals surface area contributed by atoms with Gasteiger partial charge in [-0.15, -0.1) is 0 Å². The Bertz CT molecular complexity index is 1050. The van der Waals surface area contributed by atoms with Crippen molar-refractivity contribution in [1.29, 1.82) is 0 Å². The molecule has 2 aromatic carbocycles. The van der Waals surface area contributed by atoms with Gasteiger partial charge in [0.15, 0.2) is 6.10 Å². The number of hydrogen-bond acceptors (Lipinski definition) is 3. The largest absolute Gasteiger partial charge is 0.461 e. The highest BCUT2D eigenvalue weighted by Gasteiger charge is 2.44. The van der Waals surface area contributed by atoms with Crippen LogP contribution in [0.2, 0.25) is 0 Å². The fourth-order valence-electron chi connectivity index (χ4n) is 2.98. The van der Waals surface area contributed by atoms with Gasteiger partial charge in [0, 0.05) is 12.2 Å². The molecule has 0 aliphatic rings. The summed E-state index contributed by atoms with van der Waals surface area (Å²) in [5.41, 5.74) is 1.66. The van der Waals surface area contributed by atoms with Gasteiger partial charge in [0.2, 0.25) is 0 Å². The van der Waals surface area contributed by atoms with Crippen LogP contribution in [0, 0.1) is 0 Å². The minimum atomic E-state index is -4.90. The number of allylic oxidation sites excluding steroid dienone is 5. The number of aliphatic hydroxyl groups excluding tert-OH is 1. The Kier molecular flexibility index (Phi) is 9.53. The summed E-state index contributed by atoms with van der Waals surface area (Å²) in [6.45, 7) is 4.61. The molecule has 0 aliphatic carbocycles. The second kappa shape index (κ2) is 11.9. The van der Waals surface area contributed by atoms with Gasteiger partial charge in [0.1, 0.15) is 5.75 Å². The van der Waals surface area contributed by atoms with Gasteiger partial charge in [-0.3, -0.25) is 0 Å². The molecule has 35 heavy (non-hydrogen) atoms. The average Bonchev–Trinajstić information content (AvgIpc) is 2.78. The third-order valence-corrected chi connectivity index (χ3v) is 4.73. The molecule has 0 aromatic heterocycles. The van der Waals surface area contributed by atoms with Gasteiger partial charge in [-0.25, -0.2) is 0 Å². The third kappa shape index (κ3) is 8.47. The monoisotopic (exact) mass is 503 g/mol. The number of nitrogens with zero attached hydrogens (tertiary/aromatic N) is 1. The average molecular weight is 503 g/mol. The molecule has 0 amide bonds. The van der Waals surface area contributed by atoms with Gasteiger partial charge in [-0.2, -0.15) is 30.7 Å². The predicted molar refractivity (Wildman–Crippen MR) is 121 cm³/mol. The lowest BCUT2D eigenvalue weighted by molar-refractivity contribution is -0.253. The van der Waals surface area contributed by atoms with E-state index in [-0.39, 0.29) is 17.8 Å². The number of rotatable bonds is 11. The van der Waals surface area contributed by atoms with Crippen LogP contribution in [0.1, 0.15) is 18.1 Å². The summed E-state index contributed by atoms with van der Waals surface area (Å²) in [6, 6.07) is 11.1. The van der Waals surface area contributed by atoms with E-state index in [9.17, 15) is 35.8 Å². The van der Waals surface area contributed by atoms with E-state index in [0.717, 1.165) is 12.1 Å². The van der Waals surface area contributed by atoms with Crippen molar-refractivity contribution in [2.75, 3.05) is 11.4 Å². The van der Waals surface area contributed by atoms with E-state index in [1.54, 1.807) is 42.5 Å². The number of ether oxygens (including phenoxy) is 1. The number of alkyl halides is 7. The van der Waals surface area contributed by atoms with E-state index in [2.05, 4.69) is 11.3 Å². The van der Waals surface area contributed by atoms with Crippen LogP contribution in [0.25, 0.3) is 5.57 Å². The van der Waals surface area contributed by atoms with Gasteiger partial charge in [-0.05, 0) is 47.9 Å². The van der Waals surface area contributed by atoms with E-state index < -0.39 is 37.1 Å². The van der Waals surface area contributed by atoms with Crippen LogP contribution in [-0.4, -0.2) is 36.5 Å². The fraction of sp³-hybridized carbons (Fsp3) is 0.280. The van der Waals surface area contributed by atoms with Crippen LogP contribution in [0.15, 0.2) is 79.4 Å². The van der Waals surface area contributed by atoms with Crippen LogP contribution in [0.4, 0.5) is 36.4 Å². The second-order valence-electron chi connectivity index (χ2n) is 7.51. The maximum absolute atomic E-state index is 13.3. The molecular weight excluding hydrogens is 479 g/mol. The number of hydrogen-bond donors (Lipinski definition) is 1. The van der Waals surface area contributed by atoms with Crippen molar-refractivity contribution in [3.8, 4) is 5.75 Å². The number of aliphatic hydroxyl groups is 1. The fourth-order valence-corrected chi connectivity index (χ4v) is 2.98. The van der Waals surface area contributed by atoms with Crippen molar-refractivity contribution in [3.63, 3.8) is 0 Å². The SMILES string of the molecule is C=C(/C=C\C=C/C)c1cccc(N(Cc2cccc(OC(F)(F)C(F)F)c2)CC(O)C(F)(F)F)c1. The Morgan fingerprint density at radius 3 is 2.37 bits per heavy atom. The summed E-state index contributed by atoms with van der Waals surface area (Å²) in [7, 11) is 0. The molecule has 190 valence electrons. The van der Waals surface area contributed by atoms with Crippen LogP contribution >= 0.6 is 0 Å². The lowest BCUT2D eigenvalue weighted by Crippen LogP contribution is -2.41. The molecule has 1 unspecified atom stereocenters. The van der Waals surface area contributed by atoms with Crippen molar-refractivity contribution >= 4 is 11.3 Å². The molecule has 0 saturated carbocycles. The van der Waals surface area contributed by atoms with Crippen LogP contribution in [0.5, 0.6) is 5.75 Å². The lowest BCUT2D eigenvalue weighted by atomic mass is 10.1. The Morgan fingerprint density at radius 1 is 1.06 bits per heavy atom. The lowest BCUT2D eigenvalue weighted by Gasteiger charge is -2.29. The minimum absolute atomic E-state index is 0.194. The maximum Gasteiger partial charge on any atom is 0.461 e. The predicted octanol–water partition coefficient (Wildman–Crippen LogP) is 7.00.